The summed E-state index contributed by atoms with van der Waals surface area (Å²) >= 11 is 1.36. The fraction of sp³-hybridized carbons (Fsp3) is 0.188. The molecule has 2 heterocycles. The number of aromatic nitrogens is 2. The van der Waals surface area contributed by atoms with Crippen LogP contribution in [0.4, 0.5) is 5.13 Å². The SMILES string of the molecule is Cc1csc(NC(=O)CN(C)C(=O)c2c[nH]c3ccccc23)n1. The highest BCUT2D eigenvalue weighted by Crippen LogP contribution is 2.19. The molecule has 0 radical (unpaired) electrons. The summed E-state index contributed by atoms with van der Waals surface area (Å²) in [5, 5.41) is 5.94. The summed E-state index contributed by atoms with van der Waals surface area (Å²) in [7, 11) is 1.61. The molecule has 0 unspecified atom stereocenters. The van der Waals surface area contributed by atoms with Gasteiger partial charge in [-0.15, -0.1) is 11.3 Å². The molecule has 6 nitrogen and oxygen atoms in total. The molecular formula is C16H16N4O2S. The van der Waals surface area contributed by atoms with Crippen LogP contribution in [0, 0.1) is 6.92 Å². The Morgan fingerprint density at radius 2 is 2.13 bits per heavy atom. The number of amides is 2. The van der Waals surface area contributed by atoms with Crippen molar-refractivity contribution in [3.05, 3.63) is 47.1 Å². The van der Waals surface area contributed by atoms with E-state index in [1.165, 1.54) is 16.2 Å². The van der Waals surface area contributed by atoms with Gasteiger partial charge in [-0.2, -0.15) is 0 Å². The number of thiazole rings is 1. The Balaban J connectivity index is 1.69. The van der Waals surface area contributed by atoms with Gasteiger partial charge < -0.3 is 15.2 Å². The minimum absolute atomic E-state index is 0.0308. The average Bonchev–Trinajstić information content (AvgIpc) is 3.12. The van der Waals surface area contributed by atoms with Crippen molar-refractivity contribution < 1.29 is 9.59 Å². The number of fused-ring (bicyclic) bond motifs is 1. The van der Waals surface area contributed by atoms with Crippen LogP contribution in [-0.2, 0) is 4.79 Å². The largest absolute Gasteiger partial charge is 0.360 e. The molecule has 3 rings (SSSR count). The molecule has 0 saturated carbocycles. The molecule has 0 spiro atoms. The highest BCUT2D eigenvalue weighted by atomic mass is 32.1. The molecule has 1 aromatic carbocycles. The van der Waals surface area contributed by atoms with Gasteiger partial charge in [0.1, 0.15) is 0 Å². The van der Waals surface area contributed by atoms with E-state index >= 15 is 0 Å². The monoisotopic (exact) mass is 328 g/mol. The number of carbonyl (C=O) groups excluding carboxylic acids is 2. The maximum absolute atomic E-state index is 12.5. The number of carbonyl (C=O) groups is 2. The first-order valence-electron chi connectivity index (χ1n) is 7.08. The molecule has 3 aromatic rings. The van der Waals surface area contributed by atoms with Crippen molar-refractivity contribution in [2.75, 3.05) is 18.9 Å². The number of aromatic amines is 1. The lowest BCUT2D eigenvalue weighted by atomic mass is 10.1. The molecule has 118 valence electrons. The van der Waals surface area contributed by atoms with Gasteiger partial charge in [-0.05, 0) is 13.0 Å². The second-order valence-electron chi connectivity index (χ2n) is 5.25. The van der Waals surface area contributed by atoms with Crippen molar-refractivity contribution in [1.82, 2.24) is 14.9 Å². The predicted octanol–water partition coefficient (Wildman–Crippen LogP) is 2.64. The van der Waals surface area contributed by atoms with Crippen LogP contribution < -0.4 is 5.32 Å². The quantitative estimate of drug-likeness (QED) is 0.773. The van der Waals surface area contributed by atoms with E-state index < -0.39 is 0 Å². The van der Waals surface area contributed by atoms with E-state index in [0.717, 1.165) is 16.6 Å². The molecule has 0 saturated heterocycles. The highest BCUT2D eigenvalue weighted by molar-refractivity contribution is 7.13. The zero-order valence-corrected chi connectivity index (χ0v) is 13.6. The van der Waals surface area contributed by atoms with Crippen molar-refractivity contribution in [1.29, 1.82) is 0 Å². The molecule has 0 aliphatic carbocycles. The Morgan fingerprint density at radius 3 is 2.87 bits per heavy atom. The summed E-state index contributed by atoms with van der Waals surface area (Å²) in [5.74, 6) is -0.469. The normalized spacial score (nSPS) is 10.7. The molecule has 0 aliphatic heterocycles. The lowest BCUT2D eigenvalue weighted by Gasteiger charge is -2.15. The van der Waals surface area contributed by atoms with E-state index in [1.807, 2.05) is 36.6 Å². The van der Waals surface area contributed by atoms with Crippen LogP contribution in [0.3, 0.4) is 0 Å². The molecule has 7 heteroatoms. The number of likely N-dealkylation sites (N-methyl/N-ethyl adjacent to an activating group) is 1. The van der Waals surface area contributed by atoms with E-state index in [0.29, 0.717) is 10.7 Å². The fourth-order valence-electron chi connectivity index (χ4n) is 2.31. The van der Waals surface area contributed by atoms with Crippen molar-refractivity contribution in [3.8, 4) is 0 Å². The summed E-state index contributed by atoms with van der Waals surface area (Å²) in [6.45, 7) is 1.83. The number of rotatable bonds is 4. The van der Waals surface area contributed by atoms with Gasteiger partial charge in [0.05, 0.1) is 17.8 Å². The van der Waals surface area contributed by atoms with Gasteiger partial charge in [-0.1, -0.05) is 18.2 Å². The van der Waals surface area contributed by atoms with Gasteiger partial charge in [0.15, 0.2) is 5.13 Å². The molecule has 2 aromatic heterocycles. The molecule has 0 aliphatic rings. The van der Waals surface area contributed by atoms with Crippen molar-refractivity contribution in [2.24, 2.45) is 0 Å². The summed E-state index contributed by atoms with van der Waals surface area (Å²) < 4.78 is 0. The van der Waals surface area contributed by atoms with Gasteiger partial charge in [-0.3, -0.25) is 9.59 Å². The third-order valence-corrected chi connectivity index (χ3v) is 4.29. The molecule has 2 N–H and O–H groups in total. The predicted molar refractivity (Wildman–Crippen MR) is 90.7 cm³/mol. The smallest absolute Gasteiger partial charge is 0.256 e. The summed E-state index contributed by atoms with van der Waals surface area (Å²) in [6.07, 6.45) is 1.67. The Morgan fingerprint density at radius 1 is 1.35 bits per heavy atom. The first-order chi connectivity index (χ1) is 11.0. The minimum Gasteiger partial charge on any atom is -0.360 e. The van der Waals surface area contributed by atoms with Crippen LogP contribution in [0.1, 0.15) is 16.1 Å². The van der Waals surface area contributed by atoms with E-state index in [1.54, 1.807) is 13.2 Å². The fourth-order valence-corrected chi connectivity index (χ4v) is 3.02. The first-order valence-corrected chi connectivity index (χ1v) is 7.96. The minimum atomic E-state index is -0.268. The number of aryl methyl sites for hydroxylation is 1. The molecule has 0 bridgehead atoms. The third kappa shape index (κ3) is 3.24. The van der Waals surface area contributed by atoms with Crippen LogP contribution in [0.2, 0.25) is 0 Å². The topological polar surface area (TPSA) is 78.1 Å². The molecular weight excluding hydrogens is 312 g/mol. The number of hydrogen-bond acceptors (Lipinski definition) is 4. The van der Waals surface area contributed by atoms with Crippen molar-refractivity contribution >= 4 is 39.2 Å². The van der Waals surface area contributed by atoms with Gasteiger partial charge in [0.25, 0.3) is 5.91 Å². The van der Waals surface area contributed by atoms with E-state index in [-0.39, 0.29) is 18.4 Å². The van der Waals surface area contributed by atoms with Crippen molar-refractivity contribution in [3.63, 3.8) is 0 Å². The second-order valence-corrected chi connectivity index (χ2v) is 6.11. The van der Waals surface area contributed by atoms with Crippen LogP contribution in [0.15, 0.2) is 35.8 Å². The number of nitrogens with one attached hydrogen (secondary N) is 2. The van der Waals surface area contributed by atoms with Crippen LogP contribution in [0.25, 0.3) is 10.9 Å². The summed E-state index contributed by atoms with van der Waals surface area (Å²) in [5.41, 5.74) is 2.31. The van der Waals surface area contributed by atoms with Gasteiger partial charge in [-0.25, -0.2) is 4.98 Å². The lowest BCUT2D eigenvalue weighted by Crippen LogP contribution is -2.34. The molecule has 2 amide bonds. The number of para-hydroxylation sites is 1. The summed E-state index contributed by atoms with van der Waals surface area (Å²) in [6, 6.07) is 7.57. The number of hydrogen-bond donors (Lipinski definition) is 2. The average molecular weight is 328 g/mol. The Bertz CT molecular complexity index is 868. The van der Waals surface area contributed by atoms with E-state index in [9.17, 15) is 9.59 Å². The van der Waals surface area contributed by atoms with Crippen LogP contribution >= 0.6 is 11.3 Å². The van der Waals surface area contributed by atoms with Gasteiger partial charge >= 0.3 is 0 Å². The van der Waals surface area contributed by atoms with Crippen LogP contribution in [0.5, 0.6) is 0 Å². The van der Waals surface area contributed by atoms with E-state index in [2.05, 4.69) is 15.3 Å². The van der Waals surface area contributed by atoms with Gasteiger partial charge in [0.2, 0.25) is 5.91 Å². The zero-order valence-electron chi connectivity index (χ0n) is 12.8. The Kier molecular flexibility index (Phi) is 4.12. The van der Waals surface area contributed by atoms with Crippen molar-refractivity contribution in [2.45, 2.75) is 6.92 Å². The Hall–Kier alpha value is -2.67. The first kappa shape index (κ1) is 15.2. The third-order valence-electron chi connectivity index (χ3n) is 3.41. The molecule has 0 fully saturated rings. The standard InChI is InChI=1S/C16H16N4O2S/c1-10-9-23-16(18-10)19-14(21)8-20(2)15(22)12-7-17-13-6-4-3-5-11(12)13/h3-7,9,17H,8H2,1-2H3,(H,18,19,21). The zero-order chi connectivity index (χ0) is 16.4. The maximum atomic E-state index is 12.5. The number of H-pyrrole nitrogens is 1. The lowest BCUT2D eigenvalue weighted by molar-refractivity contribution is -0.116. The maximum Gasteiger partial charge on any atom is 0.256 e. The summed E-state index contributed by atoms with van der Waals surface area (Å²) in [4.78, 5) is 33.2. The Labute approximate surface area is 137 Å². The molecule has 23 heavy (non-hydrogen) atoms. The number of anilines is 1. The van der Waals surface area contributed by atoms with Crippen LogP contribution in [-0.4, -0.2) is 40.3 Å². The highest BCUT2D eigenvalue weighted by Gasteiger charge is 2.18. The van der Waals surface area contributed by atoms with Gasteiger partial charge in [0, 0.05) is 29.5 Å². The molecule has 0 atom stereocenters. The second kappa shape index (κ2) is 6.21. The van der Waals surface area contributed by atoms with E-state index in [4.69, 9.17) is 0 Å². The number of nitrogens with zero attached hydrogens (tertiary/aromatic N) is 2. The number of benzene rings is 1.